The Hall–Kier alpha value is -3.37. The van der Waals surface area contributed by atoms with Crippen molar-refractivity contribution in [3.8, 4) is 0 Å². The number of nitrogens with one attached hydrogen (secondary N) is 1. The van der Waals surface area contributed by atoms with E-state index < -0.39 is 21.9 Å². The monoisotopic (exact) mass is 574 g/mol. The van der Waals surface area contributed by atoms with Crippen molar-refractivity contribution in [2.24, 2.45) is 0 Å². The summed E-state index contributed by atoms with van der Waals surface area (Å²) >= 11 is 12.2. The number of nitrogens with zero attached hydrogens (tertiary/aromatic N) is 1. The van der Waals surface area contributed by atoms with Crippen LogP contribution in [0.15, 0.2) is 80.8 Å². The third-order valence-electron chi connectivity index (χ3n) is 5.88. The third kappa shape index (κ3) is 5.86. The number of allylic oxidation sites excluding steroid dienone is 1. The number of ether oxygens (including phenoxy) is 1. The molecule has 1 aliphatic heterocycles. The zero-order chi connectivity index (χ0) is 27.6. The molecule has 1 N–H and O–H groups in total. The summed E-state index contributed by atoms with van der Waals surface area (Å²) in [7, 11) is -2.71. The molecular formula is C27H24Cl2N2O6S. The first-order valence-electron chi connectivity index (χ1n) is 11.4. The highest BCUT2D eigenvalue weighted by molar-refractivity contribution is 7.89. The number of sulfonamides is 1. The molecule has 2 aromatic carbocycles. The second-order valence-corrected chi connectivity index (χ2v) is 11.4. The van der Waals surface area contributed by atoms with E-state index in [0.717, 1.165) is 5.56 Å². The van der Waals surface area contributed by atoms with Crippen molar-refractivity contribution in [1.82, 2.24) is 9.62 Å². The Morgan fingerprint density at radius 2 is 1.74 bits per heavy atom. The number of methoxy groups -OCH3 is 1. The van der Waals surface area contributed by atoms with Crippen molar-refractivity contribution < 1.29 is 27.2 Å². The van der Waals surface area contributed by atoms with E-state index >= 15 is 0 Å². The zero-order valence-corrected chi connectivity index (χ0v) is 23.1. The lowest BCUT2D eigenvalue weighted by atomic mass is 10.1. The normalized spacial score (nSPS) is 14.9. The number of carbonyl (C=O) groups excluding carboxylic acids is 2. The number of aryl methyl sites for hydroxylation is 1. The molecule has 8 nitrogen and oxygen atoms in total. The maximum Gasteiger partial charge on any atom is 0.340 e. The van der Waals surface area contributed by atoms with Gasteiger partial charge >= 0.3 is 5.97 Å². The van der Waals surface area contributed by atoms with E-state index in [4.69, 9.17) is 32.4 Å². The van der Waals surface area contributed by atoms with Crippen LogP contribution in [0.1, 0.15) is 29.6 Å². The van der Waals surface area contributed by atoms with E-state index in [0.29, 0.717) is 27.1 Å². The van der Waals surface area contributed by atoms with Gasteiger partial charge in [0.2, 0.25) is 10.0 Å². The Morgan fingerprint density at radius 1 is 1.03 bits per heavy atom. The van der Waals surface area contributed by atoms with Gasteiger partial charge in [-0.25, -0.2) is 13.2 Å². The fraction of sp³-hybridized carbons (Fsp3) is 0.185. The maximum atomic E-state index is 13.6. The molecular weight excluding hydrogens is 551 g/mol. The van der Waals surface area contributed by atoms with Gasteiger partial charge in [-0.05, 0) is 61.9 Å². The summed E-state index contributed by atoms with van der Waals surface area (Å²) in [6.45, 7) is 3.36. The fourth-order valence-corrected chi connectivity index (χ4v) is 5.63. The van der Waals surface area contributed by atoms with E-state index in [2.05, 4.69) is 5.32 Å². The number of benzene rings is 2. The molecule has 198 valence electrons. The highest BCUT2D eigenvalue weighted by Gasteiger charge is 2.31. The minimum atomic E-state index is -3.94. The standard InChI is InChI=1S/C27H24Cl2N2O6S/c1-16-4-9-21(10-5-16)38(34,35)31(14-18-6-11-23(28)24(29)12-18)15-20-8-7-19(37-20)13-22-25(27(33)36-3)17(2)30-26(22)32/h4-13H,14-15H2,1-3H3,(H,30,32)/b22-13+. The first kappa shape index (κ1) is 27.7. The van der Waals surface area contributed by atoms with E-state index in [1.807, 2.05) is 6.92 Å². The molecule has 1 aromatic heterocycles. The summed E-state index contributed by atoms with van der Waals surface area (Å²) in [5, 5.41) is 3.26. The predicted octanol–water partition coefficient (Wildman–Crippen LogP) is 5.25. The van der Waals surface area contributed by atoms with E-state index in [1.165, 1.54) is 17.5 Å². The van der Waals surface area contributed by atoms with Crippen molar-refractivity contribution in [3.63, 3.8) is 0 Å². The van der Waals surface area contributed by atoms with Crippen molar-refractivity contribution >= 4 is 51.2 Å². The molecule has 0 aliphatic carbocycles. The minimum absolute atomic E-state index is 0.00104. The van der Waals surface area contributed by atoms with Crippen LogP contribution in [0.5, 0.6) is 0 Å². The molecule has 11 heteroatoms. The maximum absolute atomic E-state index is 13.6. The van der Waals surface area contributed by atoms with Gasteiger partial charge in [0.1, 0.15) is 11.5 Å². The smallest absolute Gasteiger partial charge is 0.340 e. The number of esters is 1. The summed E-state index contributed by atoms with van der Waals surface area (Å²) in [5.74, 6) is -0.533. The van der Waals surface area contributed by atoms with Crippen LogP contribution in [0.4, 0.5) is 0 Å². The largest absolute Gasteiger partial charge is 0.465 e. The summed E-state index contributed by atoms with van der Waals surface area (Å²) in [4.78, 5) is 24.7. The first-order chi connectivity index (χ1) is 18.0. The average molecular weight is 575 g/mol. The molecule has 0 bridgehead atoms. The second kappa shape index (κ2) is 11.2. The number of hydrogen-bond donors (Lipinski definition) is 1. The number of halogens is 2. The van der Waals surface area contributed by atoms with Crippen molar-refractivity contribution in [1.29, 1.82) is 0 Å². The number of amides is 1. The highest BCUT2D eigenvalue weighted by atomic mass is 35.5. The Bertz CT molecular complexity index is 1570. The summed E-state index contributed by atoms with van der Waals surface area (Å²) in [5.41, 5.74) is 2.14. The van der Waals surface area contributed by atoms with Crippen LogP contribution in [-0.2, 0) is 37.4 Å². The van der Waals surface area contributed by atoms with Crippen LogP contribution in [0.25, 0.3) is 6.08 Å². The lowest BCUT2D eigenvalue weighted by molar-refractivity contribution is -0.136. The molecule has 1 aliphatic rings. The number of furan rings is 1. The van der Waals surface area contributed by atoms with Gasteiger partial charge in [-0.2, -0.15) is 4.31 Å². The van der Waals surface area contributed by atoms with Gasteiger partial charge in [0.25, 0.3) is 5.91 Å². The molecule has 0 saturated heterocycles. The van der Waals surface area contributed by atoms with Crippen LogP contribution in [-0.4, -0.2) is 31.7 Å². The third-order valence-corrected chi connectivity index (χ3v) is 8.43. The molecule has 0 unspecified atom stereocenters. The Balaban J connectivity index is 1.67. The van der Waals surface area contributed by atoms with Crippen molar-refractivity contribution in [3.05, 3.63) is 104 Å². The first-order valence-corrected chi connectivity index (χ1v) is 13.6. The molecule has 0 fully saturated rings. The predicted molar refractivity (Wildman–Crippen MR) is 144 cm³/mol. The van der Waals surface area contributed by atoms with Crippen LogP contribution in [0, 0.1) is 6.92 Å². The minimum Gasteiger partial charge on any atom is -0.465 e. The van der Waals surface area contributed by atoms with Gasteiger partial charge in [0.05, 0.1) is 39.7 Å². The Kier molecular flexibility index (Phi) is 8.13. The topological polar surface area (TPSA) is 106 Å². The Morgan fingerprint density at radius 3 is 2.39 bits per heavy atom. The zero-order valence-electron chi connectivity index (χ0n) is 20.7. The molecule has 3 aromatic rings. The van der Waals surface area contributed by atoms with Crippen LogP contribution in [0.3, 0.4) is 0 Å². The molecule has 1 amide bonds. The molecule has 4 rings (SSSR count). The van der Waals surface area contributed by atoms with E-state index in [9.17, 15) is 18.0 Å². The molecule has 2 heterocycles. The van der Waals surface area contributed by atoms with Crippen LogP contribution in [0.2, 0.25) is 10.0 Å². The Labute approximate surface area is 230 Å². The quantitative estimate of drug-likeness (QED) is 0.291. The lowest BCUT2D eigenvalue weighted by Gasteiger charge is -2.22. The second-order valence-electron chi connectivity index (χ2n) is 8.64. The van der Waals surface area contributed by atoms with Gasteiger partial charge in [-0.15, -0.1) is 0 Å². The van der Waals surface area contributed by atoms with E-state index in [-0.39, 0.29) is 34.9 Å². The van der Waals surface area contributed by atoms with E-state index in [1.54, 1.807) is 61.5 Å². The molecule has 0 spiro atoms. The summed E-state index contributed by atoms with van der Waals surface area (Å²) < 4.78 is 39.2. The van der Waals surface area contributed by atoms with Crippen molar-refractivity contribution in [2.75, 3.05) is 7.11 Å². The number of carbonyl (C=O) groups is 2. The molecule has 0 radical (unpaired) electrons. The van der Waals surface area contributed by atoms with Gasteiger partial charge < -0.3 is 14.5 Å². The highest BCUT2D eigenvalue weighted by Crippen LogP contribution is 2.28. The number of hydrogen-bond acceptors (Lipinski definition) is 6. The molecule has 38 heavy (non-hydrogen) atoms. The van der Waals surface area contributed by atoms with Gasteiger partial charge in [-0.1, -0.05) is 47.0 Å². The fourth-order valence-electron chi connectivity index (χ4n) is 3.92. The van der Waals surface area contributed by atoms with Crippen molar-refractivity contribution in [2.45, 2.75) is 31.8 Å². The molecule has 0 atom stereocenters. The van der Waals surface area contributed by atoms with Gasteiger partial charge in [-0.3, -0.25) is 4.79 Å². The SMILES string of the molecule is COC(=O)C1=C(C)NC(=O)/C1=C/c1ccc(CN(Cc2ccc(Cl)c(Cl)c2)S(=O)(=O)c2ccc(C)cc2)o1. The number of rotatable bonds is 8. The van der Waals surface area contributed by atoms with Crippen LogP contribution < -0.4 is 5.32 Å². The molecule has 0 saturated carbocycles. The van der Waals surface area contributed by atoms with Gasteiger partial charge in [0.15, 0.2) is 0 Å². The summed E-state index contributed by atoms with van der Waals surface area (Å²) in [6, 6.07) is 14.7. The summed E-state index contributed by atoms with van der Waals surface area (Å²) in [6.07, 6.45) is 1.42. The average Bonchev–Trinajstić information content (AvgIpc) is 3.43. The van der Waals surface area contributed by atoms with Crippen LogP contribution >= 0.6 is 23.2 Å². The van der Waals surface area contributed by atoms with Gasteiger partial charge in [0, 0.05) is 12.2 Å². The lowest BCUT2D eigenvalue weighted by Crippen LogP contribution is -2.30.